The summed E-state index contributed by atoms with van der Waals surface area (Å²) < 4.78 is 10.4. The second kappa shape index (κ2) is 10.3. The van der Waals surface area contributed by atoms with Gasteiger partial charge in [-0.2, -0.15) is 0 Å². The Morgan fingerprint density at radius 3 is 2.41 bits per heavy atom. The van der Waals surface area contributed by atoms with Gasteiger partial charge in [-0.1, -0.05) is 29.8 Å². The fraction of sp³-hybridized carbons (Fsp3) is 0.174. The van der Waals surface area contributed by atoms with Crippen molar-refractivity contribution in [1.82, 2.24) is 0 Å². The van der Waals surface area contributed by atoms with Crippen LogP contribution in [0.25, 0.3) is 0 Å². The molecule has 1 heterocycles. The standard InChI is InChI=1S/C23H21ClN2O5S/c1-13-11-15(24)9-10-17(13)31-12-18(27)26-22-19(23(29)30-3)14(2)20(32-22)21(28)25-16-7-5-4-6-8-16/h4-11H,12H2,1-3H3,(H,25,28)(H,26,27). The molecule has 32 heavy (non-hydrogen) atoms. The minimum absolute atomic E-state index is 0.131. The number of aryl methyl sites for hydroxylation is 1. The first-order valence-electron chi connectivity index (χ1n) is 9.57. The van der Waals surface area contributed by atoms with E-state index in [0.717, 1.165) is 16.9 Å². The highest BCUT2D eigenvalue weighted by molar-refractivity contribution is 7.19. The maximum absolute atomic E-state index is 12.8. The first-order valence-corrected chi connectivity index (χ1v) is 10.8. The Morgan fingerprint density at radius 2 is 1.75 bits per heavy atom. The van der Waals surface area contributed by atoms with Crippen LogP contribution in [0.3, 0.4) is 0 Å². The molecule has 2 aromatic carbocycles. The molecule has 0 aliphatic carbocycles. The lowest BCUT2D eigenvalue weighted by molar-refractivity contribution is -0.118. The van der Waals surface area contributed by atoms with E-state index in [0.29, 0.717) is 26.9 Å². The predicted octanol–water partition coefficient (Wildman–Crippen LogP) is 5.07. The summed E-state index contributed by atoms with van der Waals surface area (Å²) in [7, 11) is 1.24. The highest BCUT2D eigenvalue weighted by atomic mass is 35.5. The van der Waals surface area contributed by atoms with Crippen molar-refractivity contribution in [3.63, 3.8) is 0 Å². The van der Waals surface area contributed by atoms with Crippen LogP contribution < -0.4 is 15.4 Å². The fourth-order valence-corrected chi connectivity index (χ4v) is 4.29. The lowest BCUT2D eigenvalue weighted by Crippen LogP contribution is -2.21. The van der Waals surface area contributed by atoms with Gasteiger partial charge in [-0.05, 0) is 55.3 Å². The summed E-state index contributed by atoms with van der Waals surface area (Å²) in [5.74, 6) is -1.01. The van der Waals surface area contributed by atoms with Crippen LogP contribution in [0, 0.1) is 13.8 Å². The number of amides is 2. The Balaban J connectivity index is 1.78. The molecule has 3 rings (SSSR count). The predicted molar refractivity (Wildman–Crippen MR) is 125 cm³/mol. The number of methoxy groups -OCH3 is 1. The van der Waals surface area contributed by atoms with Gasteiger partial charge >= 0.3 is 5.97 Å². The maximum Gasteiger partial charge on any atom is 0.341 e. The normalized spacial score (nSPS) is 10.4. The zero-order chi connectivity index (χ0) is 23.3. The molecule has 0 unspecified atom stereocenters. The third-order valence-electron chi connectivity index (χ3n) is 4.52. The molecule has 2 amide bonds. The minimum atomic E-state index is -0.651. The third kappa shape index (κ3) is 5.46. The lowest BCUT2D eigenvalue weighted by Gasteiger charge is -2.10. The Kier molecular flexibility index (Phi) is 7.50. The lowest BCUT2D eigenvalue weighted by atomic mass is 10.1. The van der Waals surface area contributed by atoms with Crippen LogP contribution in [-0.4, -0.2) is 31.5 Å². The number of esters is 1. The van der Waals surface area contributed by atoms with Crippen LogP contribution in [0.4, 0.5) is 10.7 Å². The van der Waals surface area contributed by atoms with Crippen molar-refractivity contribution in [3.05, 3.63) is 75.1 Å². The molecule has 0 spiro atoms. The number of thiophene rings is 1. The summed E-state index contributed by atoms with van der Waals surface area (Å²) in [6.07, 6.45) is 0. The van der Waals surface area contributed by atoms with Gasteiger partial charge in [0.2, 0.25) is 0 Å². The number of para-hydroxylation sites is 1. The van der Waals surface area contributed by atoms with Gasteiger partial charge in [0.15, 0.2) is 6.61 Å². The van der Waals surface area contributed by atoms with E-state index in [1.54, 1.807) is 49.4 Å². The topological polar surface area (TPSA) is 93.7 Å². The number of benzene rings is 2. The Bertz CT molecular complexity index is 1160. The average Bonchev–Trinajstić information content (AvgIpc) is 3.09. The van der Waals surface area contributed by atoms with Crippen molar-refractivity contribution in [1.29, 1.82) is 0 Å². The molecule has 0 saturated carbocycles. The van der Waals surface area contributed by atoms with Crippen molar-refractivity contribution < 1.29 is 23.9 Å². The van der Waals surface area contributed by atoms with Gasteiger partial charge in [-0.25, -0.2) is 4.79 Å². The van der Waals surface area contributed by atoms with E-state index in [1.807, 2.05) is 13.0 Å². The average molecular weight is 473 g/mol. The number of carbonyl (C=O) groups is 3. The van der Waals surface area contributed by atoms with E-state index in [9.17, 15) is 14.4 Å². The Labute approximate surface area is 194 Å². The highest BCUT2D eigenvalue weighted by Gasteiger charge is 2.26. The van der Waals surface area contributed by atoms with Crippen LogP contribution in [0.1, 0.15) is 31.2 Å². The smallest absolute Gasteiger partial charge is 0.341 e. The molecule has 7 nitrogen and oxygen atoms in total. The first-order chi connectivity index (χ1) is 15.3. The van der Waals surface area contributed by atoms with Crippen LogP contribution >= 0.6 is 22.9 Å². The molecule has 0 fully saturated rings. The quantitative estimate of drug-likeness (QED) is 0.468. The van der Waals surface area contributed by atoms with E-state index < -0.39 is 17.8 Å². The van der Waals surface area contributed by atoms with Gasteiger partial charge in [-0.15, -0.1) is 11.3 Å². The zero-order valence-electron chi connectivity index (χ0n) is 17.7. The molecule has 0 aliphatic rings. The van der Waals surface area contributed by atoms with E-state index in [1.165, 1.54) is 7.11 Å². The van der Waals surface area contributed by atoms with E-state index >= 15 is 0 Å². The molecular formula is C23H21ClN2O5S. The van der Waals surface area contributed by atoms with Crippen molar-refractivity contribution in [2.24, 2.45) is 0 Å². The van der Waals surface area contributed by atoms with Crippen LogP contribution in [0.5, 0.6) is 5.75 Å². The van der Waals surface area contributed by atoms with E-state index in [4.69, 9.17) is 21.1 Å². The van der Waals surface area contributed by atoms with E-state index in [-0.39, 0.29) is 17.2 Å². The molecule has 0 radical (unpaired) electrons. The van der Waals surface area contributed by atoms with Gasteiger partial charge in [0, 0.05) is 10.7 Å². The summed E-state index contributed by atoms with van der Waals surface area (Å²) in [5.41, 5.74) is 1.95. The fourth-order valence-electron chi connectivity index (χ4n) is 2.96. The monoisotopic (exact) mass is 472 g/mol. The number of halogens is 1. The zero-order valence-corrected chi connectivity index (χ0v) is 19.2. The molecule has 0 bridgehead atoms. The SMILES string of the molecule is COC(=O)c1c(NC(=O)COc2ccc(Cl)cc2C)sc(C(=O)Nc2ccccc2)c1C. The number of nitrogens with one attached hydrogen (secondary N) is 2. The number of rotatable bonds is 7. The van der Waals surface area contributed by atoms with Crippen LogP contribution in [0.2, 0.25) is 5.02 Å². The number of hydrogen-bond donors (Lipinski definition) is 2. The Hall–Kier alpha value is -3.36. The second-order valence-corrected chi connectivity index (χ2v) is 8.28. The molecule has 166 valence electrons. The molecule has 0 saturated heterocycles. The maximum atomic E-state index is 12.8. The molecule has 0 atom stereocenters. The van der Waals surface area contributed by atoms with Crippen molar-refractivity contribution in [2.45, 2.75) is 13.8 Å². The summed E-state index contributed by atoms with van der Waals surface area (Å²) in [4.78, 5) is 37.9. The molecule has 0 aliphatic heterocycles. The largest absolute Gasteiger partial charge is 0.483 e. The number of carbonyl (C=O) groups excluding carboxylic acids is 3. The summed E-state index contributed by atoms with van der Waals surface area (Å²) in [6.45, 7) is 3.16. The molecule has 9 heteroatoms. The third-order valence-corrected chi connectivity index (χ3v) is 5.96. The summed E-state index contributed by atoms with van der Waals surface area (Å²) >= 11 is 6.93. The first kappa shape index (κ1) is 23.3. The van der Waals surface area contributed by atoms with Gasteiger partial charge in [0.1, 0.15) is 10.8 Å². The number of hydrogen-bond acceptors (Lipinski definition) is 6. The van der Waals surface area contributed by atoms with Gasteiger partial charge in [0.25, 0.3) is 11.8 Å². The number of anilines is 2. The molecule has 1 aromatic heterocycles. The minimum Gasteiger partial charge on any atom is -0.483 e. The van der Waals surface area contributed by atoms with Crippen molar-refractivity contribution >= 4 is 51.4 Å². The van der Waals surface area contributed by atoms with Crippen molar-refractivity contribution in [2.75, 3.05) is 24.4 Å². The Morgan fingerprint density at radius 1 is 1.03 bits per heavy atom. The summed E-state index contributed by atoms with van der Waals surface area (Å²) in [6, 6.07) is 14.0. The van der Waals surface area contributed by atoms with Gasteiger partial charge in [0.05, 0.1) is 17.6 Å². The number of ether oxygens (including phenoxy) is 2. The van der Waals surface area contributed by atoms with Crippen molar-refractivity contribution in [3.8, 4) is 5.75 Å². The van der Waals surface area contributed by atoms with E-state index in [2.05, 4.69) is 10.6 Å². The molecular weight excluding hydrogens is 452 g/mol. The highest BCUT2D eigenvalue weighted by Crippen LogP contribution is 2.34. The van der Waals surface area contributed by atoms with Crippen LogP contribution in [0.15, 0.2) is 48.5 Å². The van der Waals surface area contributed by atoms with Crippen LogP contribution in [-0.2, 0) is 9.53 Å². The van der Waals surface area contributed by atoms with Gasteiger partial charge < -0.3 is 20.1 Å². The molecule has 3 aromatic rings. The second-order valence-electron chi connectivity index (χ2n) is 6.82. The summed E-state index contributed by atoms with van der Waals surface area (Å²) in [5, 5.41) is 6.22. The molecule has 2 N–H and O–H groups in total. The van der Waals surface area contributed by atoms with Gasteiger partial charge in [-0.3, -0.25) is 9.59 Å².